The van der Waals surface area contributed by atoms with Gasteiger partial charge in [-0.2, -0.15) is 0 Å². The van der Waals surface area contributed by atoms with E-state index in [9.17, 15) is 14.0 Å². The molecule has 0 radical (unpaired) electrons. The average Bonchev–Trinajstić information content (AvgIpc) is 3.09. The molecule has 1 N–H and O–H groups in total. The summed E-state index contributed by atoms with van der Waals surface area (Å²) in [5.41, 5.74) is 0.793. The summed E-state index contributed by atoms with van der Waals surface area (Å²) in [7, 11) is 0. The minimum absolute atomic E-state index is 0.0888. The van der Waals surface area contributed by atoms with Crippen LogP contribution >= 0.6 is 0 Å². The lowest BCUT2D eigenvalue weighted by Crippen LogP contribution is -2.36. The molecule has 0 spiro atoms. The van der Waals surface area contributed by atoms with Crippen LogP contribution in [-0.4, -0.2) is 15.9 Å². The molecule has 3 aromatic rings. The smallest absolute Gasteiger partial charge is 0.283 e. The van der Waals surface area contributed by atoms with E-state index in [-0.39, 0.29) is 12.2 Å². The maximum atomic E-state index is 13.2. The third-order valence-corrected chi connectivity index (χ3v) is 3.82. The Hall–Kier alpha value is -3.22. The van der Waals surface area contributed by atoms with Gasteiger partial charge in [0.2, 0.25) is 0 Å². The van der Waals surface area contributed by atoms with E-state index in [4.69, 9.17) is 4.42 Å². The van der Waals surface area contributed by atoms with Crippen LogP contribution in [0.1, 0.15) is 27.6 Å². The lowest BCUT2D eigenvalue weighted by atomic mass is 10.2. The summed E-state index contributed by atoms with van der Waals surface area (Å²) in [6.45, 7) is 3.50. The molecule has 2 aromatic heterocycles. The monoisotopic (exact) mass is 341 g/mol. The Morgan fingerprint density at radius 1 is 1.24 bits per heavy atom. The molecule has 0 unspecified atom stereocenters. The summed E-state index contributed by atoms with van der Waals surface area (Å²) in [4.78, 5) is 33.2. The number of aromatic nitrogens is 2. The van der Waals surface area contributed by atoms with Crippen molar-refractivity contribution in [2.24, 2.45) is 0 Å². The first-order valence-corrected chi connectivity index (χ1v) is 7.63. The number of benzene rings is 1. The number of carbonyl (C=O) groups is 1. The predicted molar refractivity (Wildman–Crippen MR) is 90.0 cm³/mol. The Morgan fingerprint density at radius 2 is 1.96 bits per heavy atom. The van der Waals surface area contributed by atoms with E-state index < -0.39 is 17.3 Å². The number of amides is 1. The summed E-state index contributed by atoms with van der Waals surface area (Å²) in [6, 6.07) is 8.83. The van der Waals surface area contributed by atoms with E-state index in [0.717, 1.165) is 0 Å². The standard InChI is InChI=1S/C18H16FN3O3/c1-11-12(2)21-17(23)16(20-11)18(24)22(10-15-4-3-9-25-15)14-7-5-13(19)6-8-14/h3-9H,10H2,1-2H3,(H,21,23). The highest BCUT2D eigenvalue weighted by Crippen LogP contribution is 2.20. The molecule has 3 rings (SSSR count). The molecule has 0 fully saturated rings. The van der Waals surface area contributed by atoms with Gasteiger partial charge in [-0.05, 0) is 50.2 Å². The highest BCUT2D eigenvalue weighted by Gasteiger charge is 2.24. The molecule has 6 nitrogen and oxygen atoms in total. The van der Waals surface area contributed by atoms with Crippen molar-refractivity contribution in [3.63, 3.8) is 0 Å². The fourth-order valence-electron chi connectivity index (χ4n) is 2.35. The first kappa shape index (κ1) is 16.6. The van der Waals surface area contributed by atoms with Gasteiger partial charge in [0.1, 0.15) is 11.6 Å². The van der Waals surface area contributed by atoms with Crippen molar-refractivity contribution in [2.45, 2.75) is 20.4 Å². The van der Waals surface area contributed by atoms with Gasteiger partial charge >= 0.3 is 0 Å². The molecule has 0 aliphatic carbocycles. The molecule has 128 valence electrons. The largest absolute Gasteiger partial charge is 0.467 e. The lowest BCUT2D eigenvalue weighted by Gasteiger charge is -2.21. The van der Waals surface area contributed by atoms with Crippen molar-refractivity contribution in [3.8, 4) is 0 Å². The van der Waals surface area contributed by atoms with E-state index in [0.29, 0.717) is 22.8 Å². The Kier molecular flexibility index (Phi) is 4.47. The normalized spacial score (nSPS) is 10.7. The highest BCUT2D eigenvalue weighted by molar-refractivity contribution is 6.04. The Balaban J connectivity index is 2.04. The Labute approximate surface area is 142 Å². The molecule has 7 heteroatoms. The second-order valence-electron chi connectivity index (χ2n) is 5.57. The zero-order valence-corrected chi connectivity index (χ0v) is 13.7. The van der Waals surface area contributed by atoms with Gasteiger partial charge < -0.3 is 9.40 Å². The van der Waals surface area contributed by atoms with Crippen LogP contribution in [-0.2, 0) is 6.54 Å². The van der Waals surface area contributed by atoms with Gasteiger partial charge in [-0.15, -0.1) is 0 Å². The molecule has 0 atom stereocenters. The molecule has 1 amide bonds. The molecule has 0 saturated carbocycles. The fourth-order valence-corrected chi connectivity index (χ4v) is 2.35. The summed E-state index contributed by atoms with van der Waals surface area (Å²) in [5.74, 6) is -0.485. The van der Waals surface area contributed by atoms with E-state index in [2.05, 4.69) is 9.97 Å². The van der Waals surface area contributed by atoms with Crippen LogP contribution in [0.25, 0.3) is 0 Å². The van der Waals surface area contributed by atoms with Crippen LogP contribution in [0.15, 0.2) is 51.9 Å². The number of hydrogen-bond acceptors (Lipinski definition) is 4. The molecular weight excluding hydrogens is 325 g/mol. The number of hydrogen-bond donors (Lipinski definition) is 1. The number of carbonyl (C=O) groups excluding carboxylic acids is 1. The third kappa shape index (κ3) is 3.50. The van der Waals surface area contributed by atoms with Crippen molar-refractivity contribution >= 4 is 11.6 Å². The Morgan fingerprint density at radius 3 is 2.60 bits per heavy atom. The number of halogens is 1. The molecule has 25 heavy (non-hydrogen) atoms. The van der Waals surface area contributed by atoms with E-state index in [1.807, 2.05) is 0 Å². The number of anilines is 1. The van der Waals surface area contributed by atoms with Crippen LogP contribution in [0.4, 0.5) is 10.1 Å². The van der Waals surface area contributed by atoms with Crippen molar-refractivity contribution in [1.82, 2.24) is 9.97 Å². The number of aromatic amines is 1. The number of aryl methyl sites for hydroxylation is 2. The van der Waals surface area contributed by atoms with E-state index >= 15 is 0 Å². The first-order valence-electron chi connectivity index (χ1n) is 7.63. The van der Waals surface area contributed by atoms with Crippen LogP contribution in [0.2, 0.25) is 0 Å². The maximum Gasteiger partial charge on any atom is 0.283 e. The number of nitrogens with one attached hydrogen (secondary N) is 1. The summed E-state index contributed by atoms with van der Waals surface area (Å²) >= 11 is 0. The van der Waals surface area contributed by atoms with Crippen LogP contribution in [0.5, 0.6) is 0 Å². The quantitative estimate of drug-likeness (QED) is 0.791. The molecule has 0 aliphatic heterocycles. The minimum atomic E-state index is -0.590. The van der Waals surface area contributed by atoms with Gasteiger partial charge in [0, 0.05) is 11.4 Å². The second kappa shape index (κ2) is 6.72. The fraction of sp³-hybridized carbons (Fsp3) is 0.167. The number of furan rings is 1. The summed E-state index contributed by atoms with van der Waals surface area (Å²) < 4.78 is 18.5. The van der Waals surface area contributed by atoms with Gasteiger partial charge in [-0.3, -0.25) is 14.5 Å². The topological polar surface area (TPSA) is 79.2 Å². The minimum Gasteiger partial charge on any atom is -0.467 e. The molecule has 0 bridgehead atoms. The third-order valence-electron chi connectivity index (χ3n) is 3.82. The summed E-state index contributed by atoms with van der Waals surface area (Å²) in [6.07, 6.45) is 1.49. The van der Waals surface area contributed by atoms with Crippen molar-refractivity contribution < 1.29 is 13.6 Å². The number of rotatable bonds is 4. The molecular formula is C18H16FN3O3. The maximum absolute atomic E-state index is 13.2. The van der Waals surface area contributed by atoms with Crippen LogP contribution < -0.4 is 10.5 Å². The molecule has 2 heterocycles. The van der Waals surface area contributed by atoms with Gasteiger partial charge in [0.05, 0.1) is 18.5 Å². The first-order chi connectivity index (χ1) is 12.0. The predicted octanol–water partition coefficient (Wildman–Crippen LogP) is 2.97. The van der Waals surface area contributed by atoms with Gasteiger partial charge in [-0.25, -0.2) is 9.37 Å². The number of nitrogens with zero attached hydrogens (tertiary/aromatic N) is 2. The molecule has 1 aromatic carbocycles. The van der Waals surface area contributed by atoms with Gasteiger partial charge in [-0.1, -0.05) is 0 Å². The van der Waals surface area contributed by atoms with Crippen molar-refractivity contribution in [1.29, 1.82) is 0 Å². The van der Waals surface area contributed by atoms with E-state index in [1.54, 1.807) is 26.0 Å². The van der Waals surface area contributed by atoms with E-state index in [1.165, 1.54) is 35.4 Å². The van der Waals surface area contributed by atoms with Crippen LogP contribution in [0, 0.1) is 19.7 Å². The zero-order valence-electron chi connectivity index (χ0n) is 13.7. The molecule has 0 saturated heterocycles. The lowest BCUT2D eigenvalue weighted by molar-refractivity contribution is 0.0976. The van der Waals surface area contributed by atoms with Gasteiger partial charge in [0.25, 0.3) is 11.5 Å². The van der Waals surface area contributed by atoms with Crippen molar-refractivity contribution in [3.05, 3.63) is 81.7 Å². The van der Waals surface area contributed by atoms with Crippen molar-refractivity contribution in [2.75, 3.05) is 4.90 Å². The average molecular weight is 341 g/mol. The molecule has 0 aliphatic rings. The zero-order chi connectivity index (χ0) is 18.0. The number of H-pyrrole nitrogens is 1. The summed E-state index contributed by atoms with van der Waals surface area (Å²) in [5, 5.41) is 0. The second-order valence-corrected chi connectivity index (χ2v) is 5.57. The Bertz CT molecular complexity index is 947. The highest BCUT2D eigenvalue weighted by atomic mass is 19.1. The van der Waals surface area contributed by atoms with Gasteiger partial charge in [0.15, 0.2) is 5.69 Å². The SMILES string of the molecule is Cc1nc(C(=O)N(Cc2ccco2)c2ccc(F)cc2)c(=O)[nH]c1C. The van der Waals surface area contributed by atoms with Crippen LogP contribution in [0.3, 0.4) is 0 Å².